The third-order valence-corrected chi connectivity index (χ3v) is 11.9. The molecule has 7 atom stereocenters. The first-order valence-corrected chi connectivity index (χ1v) is 15.9. The Morgan fingerprint density at radius 3 is 2.62 bits per heavy atom. The summed E-state index contributed by atoms with van der Waals surface area (Å²) in [6.07, 6.45) is 15.3. The van der Waals surface area contributed by atoms with Crippen LogP contribution in [0.25, 0.3) is 0 Å². The molecule has 0 radical (unpaired) electrons. The summed E-state index contributed by atoms with van der Waals surface area (Å²) in [5.41, 5.74) is 2.28. The lowest BCUT2D eigenvalue weighted by Crippen LogP contribution is -2.55. The number of rotatable bonds is 11. The van der Waals surface area contributed by atoms with E-state index in [-0.39, 0.29) is 17.3 Å². The fraction of sp³-hybridized carbons (Fsp3) is 0.714. The molecule has 0 spiro atoms. The average molecular weight is 551 g/mol. The van der Waals surface area contributed by atoms with E-state index in [0.29, 0.717) is 48.9 Å². The fourth-order valence-electron chi connectivity index (χ4n) is 9.23. The van der Waals surface area contributed by atoms with Gasteiger partial charge in [-0.1, -0.05) is 44.1 Å². The van der Waals surface area contributed by atoms with Crippen molar-refractivity contribution in [1.29, 1.82) is 0 Å². The van der Waals surface area contributed by atoms with Crippen LogP contribution in [0.5, 0.6) is 5.75 Å². The van der Waals surface area contributed by atoms with Crippen molar-refractivity contribution in [2.24, 2.45) is 34.5 Å². The predicted molar refractivity (Wildman–Crippen MR) is 157 cm³/mol. The Bertz CT molecular complexity index is 1120. The lowest BCUT2D eigenvalue weighted by Gasteiger charge is -2.60. The molecule has 1 aromatic carbocycles. The Balaban J connectivity index is 1.23. The number of allylic oxidation sites excluding steroid dienone is 2. The fourth-order valence-corrected chi connectivity index (χ4v) is 9.23. The molecule has 5 heteroatoms. The molecule has 3 fully saturated rings. The highest BCUT2D eigenvalue weighted by atomic mass is 16.5. The number of aliphatic hydroxyl groups is 1. The number of Topliss-reactive ketones (excluding diaryl/α,β-unsaturated/α-hetero) is 1. The summed E-state index contributed by atoms with van der Waals surface area (Å²) in [5, 5.41) is 20.2. The number of hydrogen-bond acceptors (Lipinski definition) is 4. The summed E-state index contributed by atoms with van der Waals surface area (Å²) < 4.78 is 5.88. The van der Waals surface area contributed by atoms with E-state index in [1.807, 2.05) is 12.1 Å². The zero-order chi connectivity index (χ0) is 28.5. The monoisotopic (exact) mass is 550 g/mol. The number of carboxylic acid groups (broad SMARTS) is 1. The van der Waals surface area contributed by atoms with Gasteiger partial charge in [0.2, 0.25) is 0 Å². The lowest BCUT2D eigenvalue weighted by molar-refractivity contribution is -0.137. The quantitative estimate of drug-likeness (QED) is 0.220. The first-order valence-electron chi connectivity index (χ1n) is 15.9. The molecular formula is C35H50O5. The van der Waals surface area contributed by atoms with Crippen LogP contribution in [0, 0.1) is 34.5 Å². The van der Waals surface area contributed by atoms with Crippen LogP contribution in [0.2, 0.25) is 0 Å². The maximum absolute atomic E-state index is 12.5. The lowest BCUT2D eigenvalue weighted by atomic mass is 9.45. The van der Waals surface area contributed by atoms with E-state index in [2.05, 4.69) is 39.0 Å². The maximum Gasteiger partial charge on any atom is 0.303 e. The van der Waals surface area contributed by atoms with Crippen LogP contribution in [0.1, 0.15) is 110 Å². The van der Waals surface area contributed by atoms with Crippen LogP contribution in [-0.2, 0) is 16.0 Å². The topological polar surface area (TPSA) is 83.8 Å². The number of carboxylic acids is 1. The zero-order valence-electron chi connectivity index (χ0n) is 24.9. The molecular weight excluding hydrogens is 500 g/mol. The molecule has 3 saturated carbocycles. The average Bonchev–Trinajstić information content (AvgIpc) is 3.15. The standard InChI is InChI=1S/C35H50O5/c1-33-17-14-27(36)23-26(33)22-25(32-29(33)15-18-34(2)30(32)16-19-35(34,3)39)11-5-4-9-24-10-8-12-28(21-24)40-20-7-6-13-31(37)38/h8,10,12,21-22,25,29-30,32,39H,4-7,9,11,13-20,23H2,1-3H3,(H,37,38)/t25-,29?,30?,32?,33+,34+,35+/m1/s1. The first-order chi connectivity index (χ1) is 19.0. The largest absolute Gasteiger partial charge is 0.494 e. The van der Waals surface area contributed by atoms with E-state index in [1.54, 1.807) is 0 Å². The van der Waals surface area contributed by atoms with Crippen molar-refractivity contribution in [3.05, 3.63) is 41.5 Å². The number of benzene rings is 1. The second-order valence-electron chi connectivity index (χ2n) is 14.1. The van der Waals surface area contributed by atoms with Gasteiger partial charge in [0.1, 0.15) is 11.5 Å². The first kappa shape index (κ1) is 29.4. The van der Waals surface area contributed by atoms with Crippen LogP contribution in [0.4, 0.5) is 0 Å². The van der Waals surface area contributed by atoms with Crippen molar-refractivity contribution in [3.63, 3.8) is 0 Å². The number of hydrogen-bond donors (Lipinski definition) is 2. The highest BCUT2D eigenvalue weighted by molar-refractivity contribution is 5.82. The van der Waals surface area contributed by atoms with Gasteiger partial charge in [0.15, 0.2) is 0 Å². The number of carbonyl (C=O) groups is 2. The number of fused-ring (bicyclic) bond motifs is 5. The van der Waals surface area contributed by atoms with E-state index < -0.39 is 11.6 Å². The van der Waals surface area contributed by atoms with Crippen LogP contribution in [0.15, 0.2) is 35.9 Å². The summed E-state index contributed by atoms with van der Waals surface area (Å²) in [5.74, 6) is 2.81. The molecule has 220 valence electrons. The molecule has 2 N–H and O–H groups in total. The summed E-state index contributed by atoms with van der Waals surface area (Å²) in [4.78, 5) is 23.2. The van der Waals surface area contributed by atoms with Gasteiger partial charge in [-0.2, -0.15) is 0 Å². The number of aliphatic carboxylic acids is 1. The van der Waals surface area contributed by atoms with Crippen LogP contribution in [-0.4, -0.2) is 34.2 Å². The Hall–Kier alpha value is -2.14. The van der Waals surface area contributed by atoms with Crippen LogP contribution < -0.4 is 4.74 Å². The number of ketones is 1. The van der Waals surface area contributed by atoms with E-state index in [0.717, 1.165) is 70.0 Å². The highest BCUT2D eigenvalue weighted by Crippen LogP contribution is 2.68. The molecule has 5 nitrogen and oxygen atoms in total. The zero-order valence-corrected chi connectivity index (χ0v) is 24.9. The van der Waals surface area contributed by atoms with Crippen molar-refractivity contribution in [2.45, 2.75) is 116 Å². The Morgan fingerprint density at radius 2 is 1.82 bits per heavy atom. The van der Waals surface area contributed by atoms with Crippen molar-refractivity contribution in [1.82, 2.24) is 0 Å². The van der Waals surface area contributed by atoms with Gasteiger partial charge in [-0.05, 0) is 123 Å². The Labute approximate surface area is 240 Å². The molecule has 0 bridgehead atoms. The van der Waals surface area contributed by atoms with Gasteiger partial charge >= 0.3 is 5.97 Å². The van der Waals surface area contributed by atoms with Gasteiger partial charge in [0.25, 0.3) is 0 Å². The number of ether oxygens (including phenoxy) is 1. The molecule has 0 aromatic heterocycles. The molecule has 0 saturated heterocycles. The molecule has 4 aliphatic carbocycles. The molecule has 3 unspecified atom stereocenters. The number of unbranched alkanes of at least 4 members (excludes halogenated alkanes) is 2. The van der Waals surface area contributed by atoms with Crippen molar-refractivity contribution < 1.29 is 24.5 Å². The van der Waals surface area contributed by atoms with Gasteiger partial charge in [-0.15, -0.1) is 0 Å². The van der Waals surface area contributed by atoms with Crippen LogP contribution in [0.3, 0.4) is 0 Å². The van der Waals surface area contributed by atoms with Crippen molar-refractivity contribution in [2.75, 3.05) is 6.61 Å². The second-order valence-corrected chi connectivity index (χ2v) is 14.1. The van der Waals surface area contributed by atoms with Gasteiger partial charge in [0.05, 0.1) is 12.2 Å². The minimum Gasteiger partial charge on any atom is -0.494 e. The van der Waals surface area contributed by atoms with Gasteiger partial charge in [-0.3, -0.25) is 9.59 Å². The summed E-state index contributed by atoms with van der Waals surface area (Å²) in [7, 11) is 0. The van der Waals surface area contributed by atoms with E-state index in [9.17, 15) is 14.7 Å². The van der Waals surface area contributed by atoms with E-state index in [1.165, 1.54) is 17.6 Å². The number of carbonyl (C=O) groups excluding carboxylic acids is 1. The van der Waals surface area contributed by atoms with Crippen molar-refractivity contribution in [3.8, 4) is 5.75 Å². The molecule has 0 heterocycles. The molecule has 1 aromatic rings. The molecule has 0 amide bonds. The summed E-state index contributed by atoms with van der Waals surface area (Å²) in [6, 6.07) is 8.33. The number of aryl methyl sites for hydroxylation is 1. The smallest absolute Gasteiger partial charge is 0.303 e. The highest BCUT2D eigenvalue weighted by Gasteiger charge is 2.63. The van der Waals surface area contributed by atoms with Gasteiger partial charge < -0.3 is 14.9 Å². The predicted octanol–water partition coefficient (Wildman–Crippen LogP) is 7.54. The summed E-state index contributed by atoms with van der Waals surface area (Å²) >= 11 is 0. The molecule has 4 aliphatic rings. The minimum atomic E-state index is -0.754. The third-order valence-electron chi connectivity index (χ3n) is 11.9. The maximum atomic E-state index is 12.5. The Kier molecular flexibility index (Phi) is 8.53. The second kappa shape index (κ2) is 11.6. The Morgan fingerprint density at radius 1 is 1.02 bits per heavy atom. The third kappa shape index (κ3) is 5.65. The van der Waals surface area contributed by atoms with Crippen molar-refractivity contribution >= 4 is 11.8 Å². The minimum absolute atomic E-state index is 0.00727. The summed E-state index contributed by atoms with van der Waals surface area (Å²) in [6.45, 7) is 7.45. The molecule has 0 aliphatic heterocycles. The van der Waals surface area contributed by atoms with Crippen LogP contribution >= 0.6 is 0 Å². The normalized spacial score (nSPS) is 36.8. The molecule has 40 heavy (non-hydrogen) atoms. The SMILES string of the molecule is C[C@]12CCC(=O)CC1=C[C@@H](CCCCc1cccc(OCCCCC(=O)O)c1)C1C2CC[C@@]2(C)C1CC[C@]2(C)O. The van der Waals surface area contributed by atoms with Gasteiger partial charge in [-0.25, -0.2) is 0 Å². The van der Waals surface area contributed by atoms with E-state index in [4.69, 9.17) is 9.84 Å². The van der Waals surface area contributed by atoms with Gasteiger partial charge in [0, 0.05) is 19.3 Å². The van der Waals surface area contributed by atoms with E-state index >= 15 is 0 Å². The molecule has 5 rings (SSSR count).